The summed E-state index contributed by atoms with van der Waals surface area (Å²) in [6.45, 7) is 9.08. The lowest BCUT2D eigenvalue weighted by Crippen LogP contribution is -2.30. The van der Waals surface area contributed by atoms with E-state index in [0.29, 0.717) is 77.0 Å². The van der Waals surface area contributed by atoms with Crippen LogP contribution in [0.2, 0.25) is 0 Å². The number of Topliss-reactive ketones (excluding diaryl/α,β-unsaturated/α-hetero) is 2. The van der Waals surface area contributed by atoms with E-state index in [4.69, 9.17) is 15.6 Å². The van der Waals surface area contributed by atoms with Gasteiger partial charge in [0.1, 0.15) is 24.1 Å². The molecule has 0 saturated carbocycles. The summed E-state index contributed by atoms with van der Waals surface area (Å²) in [6, 6.07) is -0.567. The van der Waals surface area contributed by atoms with Crippen molar-refractivity contribution in [3.05, 3.63) is 0 Å². The van der Waals surface area contributed by atoms with Crippen LogP contribution in [0.25, 0.3) is 0 Å². The molecule has 0 rings (SSSR count). The van der Waals surface area contributed by atoms with Crippen LogP contribution in [-0.2, 0) is 28.7 Å². The third-order valence-electron chi connectivity index (χ3n) is 5.96. The largest absolute Gasteiger partial charge is 0.481 e. The van der Waals surface area contributed by atoms with E-state index in [1.54, 1.807) is 0 Å². The van der Waals surface area contributed by atoms with E-state index in [2.05, 4.69) is 5.32 Å². The molecule has 0 bridgehead atoms. The summed E-state index contributed by atoms with van der Waals surface area (Å²) in [6.07, 6.45) is 5.72. The van der Waals surface area contributed by atoms with E-state index in [0.717, 1.165) is 12.6 Å². The predicted molar refractivity (Wildman–Crippen MR) is 136 cm³/mol. The van der Waals surface area contributed by atoms with Gasteiger partial charge in [-0.15, -0.1) is 0 Å². The fourth-order valence-electron chi connectivity index (χ4n) is 3.29. The second kappa shape index (κ2) is 22.8. The standard InChI is InChI=1S/C13H24N2O3.C13H22O5/c1-9(2)10(3)12(17)7-11(8-16)5-4-6-15-13(14)18;1-2-11(6-7-13(16)17)12(15)5-3-9-18-10-4-8-14/h8-11H,4-7H2,1-3H3,(H3,14,15,18);8,11H,2-7,9-10H2,1H3,(H,16,17). The molecule has 4 N–H and O–H groups in total. The number of carbonyl (C=O) groups excluding carboxylic acids is 5. The van der Waals surface area contributed by atoms with Crippen molar-refractivity contribution >= 4 is 36.1 Å². The molecule has 0 saturated heterocycles. The highest BCUT2D eigenvalue weighted by Gasteiger charge is 2.20. The van der Waals surface area contributed by atoms with Crippen molar-refractivity contribution in [2.24, 2.45) is 29.4 Å². The molecule has 10 heteroatoms. The van der Waals surface area contributed by atoms with Crippen molar-refractivity contribution in [2.45, 2.75) is 85.5 Å². The maximum absolute atomic E-state index is 11.8. The summed E-state index contributed by atoms with van der Waals surface area (Å²) in [5.74, 6) is -0.761. The number of ether oxygens (including phenoxy) is 1. The molecule has 3 atom stereocenters. The number of hydrogen-bond donors (Lipinski definition) is 3. The van der Waals surface area contributed by atoms with Gasteiger partial charge in [0.2, 0.25) is 0 Å². The lowest BCUT2D eigenvalue weighted by molar-refractivity contribution is -0.137. The summed E-state index contributed by atoms with van der Waals surface area (Å²) in [5, 5.41) is 11.0. The van der Waals surface area contributed by atoms with Gasteiger partial charge in [0.15, 0.2) is 0 Å². The van der Waals surface area contributed by atoms with Gasteiger partial charge in [-0.1, -0.05) is 27.7 Å². The van der Waals surface area contributed by atoms with Gasteiger partial charge in [-0.3, -0.25) is 14.4 Å². The summed E-state index contributed by atoms with van der Waals surface area (Å²) < 4.78 is 5.16. The number of amides is 2. The number of primary amides is 1. The first-order chi connectivity index (χ1) is 17.0. The molecule has 3 unspecified atom stereocenters. The number of rotatable bonds is 21. The fraction of sp³-hybridized carbons (Fsp3) is 0.769. The van der Waals surface area contributed by atoms with Gasteiger partial charge in [-0.05, 0) is 38.0 Å². The van der Waals surface area contributed by atoms with E-state index < -0.39 is 12.0 Å². The number of aliphatic carboxylic acids is 1. The van der Waals surface area contributed by atoms with E-state index >= 15 is 0 Å². The topological polar surface area (TPSA) is 170 Å². The van der Waals surface area contributed by atoms with Crippen LogP contribution in [0, 0.1) is 23.7 Å². The van der Waals surface area contributed by atoms with Crippen molar-refractivity contribution in [1.82, 2.24) is 5.32 Å². The zero-order valence-electron chi connectivity index (χ0n) is 22.3. The van der Waals surface area contributed by atoms with E-state index in [1.807, 2.05) is 27.7 Å². The van der Waals surface area contributed by atoms with Crippen LogP contribution >= 0.6 is 0 Å². The fourth-order valence-corrected chi connectivity index (χ4v) is 3.29. The minimum absolute atomic E-state index is 0.0174. The monoisotopic (exact) mass is 514 g/mol. The first-order valence-electron chi connectivity index (χ1n) is 12.8. The molecule has 208 valence electrons. The third kappa shape index (κ3) is 20.7. The van der Waals surface area contributed by atoms with Crippen LogP contribution in [-0.4, -0.2) is 61.0 Å². The molecule has 10 nitrogen and oxygen atoms in total. The molecule has 0 aliphatic rings. The smallest absolute Gasteiger partial charge is 0.312 e. The van der Waals surface area contributed by atoms with Crippen molar-refractivity contribution in [2.75, 3.05) is 19.8 Å². The van der Waals surface area contributed by atoms with Gasteiger partial charge >= 0.3 is 12.0 Å². The highest BCUT2D eigenvalue weighted by molar-refractivity contribution is 5.83. The van der Waals surface area contributed by atoms with Gasteiger partial charge in [-0.2, -0.15) is 0 Å². The van der Waals surface area contributed by atoms with Crippen LogP contribution in [0.4, 0.5) is 4.79 Å². The minimum atomic E-state index is -0.863. The Morgan fingerprint density at radius 2 is 1.64 bits per heavy atom. The zero-order chi connectivity index (χ0) is 27.9. The predicted octanol–water partition coefficient (Wildman–Crippen LogP) is 3.33. The highest BCUT2D eigenvalue weighted by Crippen LogP contribution is 2.18. The molecule has 0 heterocycles. The molecule has 0 aromatic rings. The molecule has 2 amide bonds. The number of carbonyl (C=O) groups is 6. The maximum Gasteiger partial charge on any atom is 0.312 e. The van der Waals surface area contributed by atoms with Crippen molar-refractivity contribution < 1.29 is 38.6 Å². The molecule has 0 fully saturated rings. The van der Waals surface area contributed by atoms with Crippen LogP contribution in [0.15, 0.2) is 0 Å². The average molecular weight is 515 g/mol. The van der Waals surface area contributed by atoms with Crippen molar-refractivity contribution in [3.8, 4) is 0 Å². The van der Waals surface area contributed by atoms with Crippen molar-refractivity contribution in [3.63, 3.8) is 0 Å². The number of nitrogens with one attached hydrogen (secondary N) is 1. The van der Waals surface area contributed by atoms with Crippen LogP contribution in [0.3, 0.4) is 0 Å². The molecule has 0 aliphatic heterocycles. The number of ketones is 2. The Morgan fingerprint density at radius 1 is 0.972 bits per heavy atom. The quantitative estimate of drug-likeness (QED) is 0.155. The second-order valence-corrected chi connectivity index (χ2v) is 9.21. The second-order valence-electron chi connectivity index (χ2n) is 9.21. The van der Waals surface area contributed by atoms with Gasteiger partial charge in [-0.25, -0.2) is 4.79 Å². The zero-order valence-corrected chi connectivity index (χ0v) is 22.3. The van der Waals surface area contributed by atoms with Crippen molar-refractivity contribution in [1.29, 1.82) is 0 Å². The van der Waals surface area contributed by atoms with Crippen LogP contribution < -0.4 is 11.1 Å². The summed E-state index contributed by atoms with van der Waals surface area (Å²) >= 11 is 0. The molecular formula is C26H46N2O8. The number of hydrogen-bond acceptors (Lipinski definition) is 7. The molecule has 36 heavy (non-hydrogen) atoms. The highest BCUT2D eigenvalue weighted by atomic mass is 16.5. The Bertz CT molecular complexity index is 666. The Morgan fingerprint density at radius 3 is 2.14 bits per heavy atom. The molecule has 0 aromatic heterocycles. The molecule has 0 radical (unpaired) electrons. The lowest BCUT2D eigenvalue weighted by Gasteiger charge is -2.16. The number of aldehydes is 2. The SMILES string of the molecule is CC(C)C(C)C(=O)CC(C=O)CCCNC(N)=O.CCC(CCC(=O)O)C(=O)CCCOCCC=O. The Labute approximate surface area is 215 Å². The van der Waals surface area contributed by atoms with Crippen LogP contribution in [0.5, 0.6) is 0 Å². The maximum atomic E-state index is 11.8. The number of urea groups is 1. The Balaban J connectivity index is 0. The van der Waals surface area contributed by atoms with E-state index in [1.165, 1.54) is 0 Å². The lowest BCUT2D eigenvalue weighted by atomic mass is 9.87. The Hall–Kier alpha value is -2.62. The summed E-state index contributed by atoms with van der Waals surface area (Å²) in [7, 11) is 0. The normalized spacial score (nSPS) is 13.0. The summed E-state index contributed by atoms with van der Waals surface area (Å²) in [4.78, 5) is 65.4. The number of nitrogens with two attached hydrogens (primary N) is 1. The van der Waals surface area contributed by atoms with Gasteiger partial charge in [0.05, 0.1) is 6.61 Å². The molecule has 0 aliphatic carbocycles. The van der Waals surface area contributed by atoms with Gasteiger partial charge in [0.25, 0.3) is 0 Å². The molecule has 0 aromatic carbocycles. The number of carboxylic acids is 1. The summed E-state index contributed by atoms with van der Waals surface area (Å²) in [5.41, 5.74) is 4.92. The molecule has 0 spiro atoms. The number of carboxylic acid groups (broad SMARTS) is 1. The van der Waals surface area contributed by atoms with Crippen LogP contribution in [0.1, 0.15) is 85.5 Å². The van der Waals surface area contributed by atoms with Gasteiger partial charge in [0, 0.05) is 56.6 Å². The first-order valence-corrected chi connectivity index (χ1v) is 12.8. The first kappa shape index (κ1) is 35.5. The Kier molecular flexibility index (Phi) is 22.5. The van der Waals surface area contributed by atoms with Gasteiger partial charge < -0.3 is 30.5 Å². The molecular weight excluding hydrogens is 468 g/mol. The van der Waals surface area contributed by atoms with E-state index in [-0.39, 0.29) is 35.7 Å². The average Bonchev–Trinajstić information content (AvgIpc) is 2.82. The van der Waals surface area contributed by atoms with E-state index in [9.17, 15) is 28.8 Å². The third-order valence-corrected chi connectivity index (χ3v) is 5.96. The minimum Gasteiger partial charge on any atom is -0.481 e.